The molecule has 0 aliphatic heterocycles. The van der Waals surface area contributed by atoms with Gasteiger partial charge in [-0.15, -0.1) is 0 Å². The molecule has 0 heterocycles. The first-order valence-corrected chi connectivity index (χ1v) is 9.88. The molecule has 3 N–H and O–H groups in total. The van der Waals surface area contributed by atoms with Crippen molar-refractivity contribution in [3.05, 3.63) is 53.1 Å². The number of nitrogens with zero attached hydrogens (tertiary/aromatic N) is 1. The Morgan fingerprint density at radius 1 is 1.21 bits per heavy atom. The number of amides is 2. The lowest BCUT2D eigenvalue weighted by Gasteiger charge is -2.08. The zero-order valence-electron chi connectivity index (χ0n) is 13.0. The summed E-state index contributed by atoms with van der Waals surface area (Å²) in [4.78, 5) is 11.9. The Morgan fingerprint density at radius 3 is 2.46 bits per heavy atom. The molecule has 2 aromatic carbocycles. The molecule has 24 heavy (non-hydrogen) atoms. The maximum absolute atomic E-state index is 11.9. The molecule has 8 heteroatoms. The van der Waals surface area contributed by atoms with E-state index < -0.39 is 0 Å². The van der Waals surface area contributed by atoms with Crippen LogP contribution in [-0.4, -0.2) is 19.3 Å². The molecule has 0 aliphatic carbocycles. The predicted molar refractivity (Wildman–Crippen MR) is 120 cm³/mol. The Labute approximate surface area is 176 Å². The second kappa shape index (κ2) is 8.99. The van der Waals surface area contributed by atoms with Gasteiger partial charge in [-0.3, -0.25) is 0 Å². The summed E-state index contributed by atoms with van der Waals surface area (Å²) in [7, 11) is 1.89. The van der Waals surface area contributed by atoms with Crippen molar-refractivity contribution in [3.8, 4) is 0 Å². The van der Waals surface area contributed by atoms with Gasteiger partial charge in [0.05, 0.1) is 11.9 Å². The van der Waals surface area contributed by atoms with Crippen molar-refractivity contribution in [2.75, 3.05) is 17.7 Å². The number of urea groups is 1. The smallest absolute Gasteiger partial charge is 0.339 e. The highest BCUT2D eigenvalue weighted by atomic mass is 127. The van der Waals surface area contributed by atoms with Gasteiger partial charge in [0.2, 0.25) is 0 Å². The summed E-state index contributed by atoms with van der Waals surface area (Å²) in [5, 5.41) is 9.89. The van der Waals surface area contributed by atoms with Crippen LogP contribution in [0, 0.1) is 14.1 Å². The molecule has 2 amide bonds. The number of hydrazone groups is 1. The van der Waals surface area contributed by atoms with E-state index in [4.69, 9.17) is 0 Å². The number of benzene rings is 2. The van der Waals surface area contributed by atoms with Gasteiger partial charge in [0, 0.05) is 24.3 Å². The van der Waals surface area contributed by atoms with Crippen molar-refractivity contribution in [3.63, 3.8) is 0 Å². The molecule has 0 spiro atoms. The number of carbonyl (C=O) groups is 1. The molecule has 5 nitrogen and oxygen atoms in total. The summed E-state index contributed by atoms with van der Waals surface area (Å²) in [6.45, 7) is 1.96. The van der Waals surface area contributed by atoms with Gasteiger partial charge in [-0.05, 0) is 93.6 Å². The molecule has 0 atom stereocenters. The predicted octanol–water partition coefficient (Wildman–Crippen LogP) is 5.16. The van der Waals surface area contributed by atoms with Gasteiger partial charge < -0.3 is 10.6 Å². The third kappa shape index (κ3) is 5.31. The minimum Gasteiger partial charge on any atom is -0.386 e. The summed E-state index contributed by atoms with van der Waals surface area (Å²) in [6, 6.07) is 9.20. The fourth-order valence-electron chi connectivity index (χ4n) is 1.95. The van der Waals surface area contributed by atoms with E-state index in [9.17, 15) is 4.79 Å². The molecule has 0 saturated heterocycles. The number of nitrogens with one attached hydrogen (secondary N) is 3. The highest BCUT2D eigenvalue weighted by molar-refractivity contribution is 14.1. The Morgan fingerprint density at radius 2 is 1.88 bits per heavy atom. The number of anilines is 2. The SMILES string of the molecule is CNc1c(I)cc(/C=N/NC(=O)Nc2ccc(Br)c(C)c2)cc1I. The number of hydrogen-bond donors (Lipinski definition) is 3. The minimum absolute atomic E-state index is 0.385. The molecular formula is C16H15BrI2N4O. The second-order valence-corrected chi connectivity index (χ2v) is 8.08. The van der Waals surface area contributed by atoms with Crippen LogP contribution in [0.5, 0.6) is 0 Å². The molecule has 0 aliphatic rings. The maximum atomic E-state index is 11.9. The largest absolute Gasteiger partial charge is 0.386 e. The van der Waals surface area contributed by atoms with Crippen LogP contribution in [0.2, 0.25) is 0 Å². The standard InChI is InChI=1S/C16H15BrI2N4O/c1-9-5-11(3-4-12(9)17)22-16(24)23-21-8-10-6-13(18)15(20-2)14(19)7-10/h3-8,20H,1-2H3,(H2,22,23,24)/b21-8+. The van der Waals surface area contributed by atoms with Crippen LogP contribution in [0.3, 0.4) is 0 Å². The Bertz CT molecular complexity index is 773. The van der Waals surface area contributed by atoms with Crippen LogP contribution in [0.25, 0.3) is 0 Å². The molecule has 0 aromatic heterocycles. The van der Waals surface area contributed by atoms with Gasteiger partial charge >= 0.3 is 6.03 Å². The van der Waals surface area contributed by atoms with E-state index in [0.29, 0.717) is 5.69 Å². The average molecular weight is 613 g/mol. The van der Waals surface area contributed by atoms with Gasteiger partial charge in [0.25, 0.3) is 0 Å². The highest BCUT2D eigenvalue weighted by Crippen LogP contribution is 2.25. The Hall–Kier alpha value is -0.880. The van der Waals surface area contributed by atoms with Gasteiger partial charge in [-0.25, -0.2) is 10.2 Å². The summed E-state index contributed by atoms with van der Waals surface area (Å²) in [5.41, 5.74) is 6.24. The van der Waals surface area contributed by atoms with Crippen molar-refractivity contribution in [1.82, 2.24) is 5.43 Å². The van der Waals surface area contributed by atoms with Crippen molar-refractivity contribution in [1.29, 1.82) is 0 Å². The van der Waals surface area contributed by atoms with Crippen LogP contribution < -0.4 is 16.1 Å². The third-order valence-corrected chi connectivity index (χ3v) is 5.70. The van der Waals surface area contributed by atoms with Crippen molar-refractivity contribution in [2.45, 2.75) is 6.92 Å². The van der Waals surface area contributed by atoms with E-state index in [2.05, 4.69) is 82.3 Å². The van der Waals surface area contributed by atoms with Crippen molar-refractivity contribution < 1.29 is 4.79 Å². The monoisotopic (exact) mass is 612 g/mol. The molecule has 0 saturated carbocycles. The Balaban J connectivity index is 1.98. The lowest BCUT2D eigenvalue weighted by Crippen LogP contribution is -2.24. The topological polar surface area (TPSA) is 65.5 Å². The molecule has 2 rings (SSSR count). The van der Waals surface area contributed by atoms with Crippen molar-refractivity contribution in [2.24, 2.45) is 5.10 Å². The van der Waals surface area contributed by atoms with Crippen LogP contribution in [-0.2, 0) is 0 Å². The van der Waals surface area contributed by atoms with E-state index in [0.717, 1.165) is 28.4 Å². The fourth-order valence-corrected chi connectivity index (χ4v) is 4.56. The number of aryl methyl sites for hydroxylation is 1. The summed E-state index contributed by atoms with van der Waals surface area (Å²) in [5.74, 6) is 0. The van der Waals surface area contributed by atoms with Gasteiger partial charge in [0.15, 0.2) is 0 Å². The summed E-state index contributed by atoms with van der Waals surface area (Å²) < 4.78 is 3.19. The van der Waals surface area contributed by atoms with E-state index in [1.807, 2.05) is 44.3 Å². The van der Waals surface area contributed by atoms with Crippen LogP contribution in [0.4, 0.5) is 16.2 Å². The highest BCUT2D eigenvalue weighted by Gasteiger charge is 2.05. The zero-order chi connectivity index (χ0) is 17.7. The van der Waals surface area contributed by atoms with Gasteiger partial charge in [-0.1, -0.05) is 15.9 Å². The van der Waals surface area contributed by atoms with E-state index in [1.54, 1.807) is 6.21 Å². The molecule has 2 aromatic rings. The average Bonchev–Trinajstić information content (AvgIpc) is 2.51. The van der Waals surface area contributed by atoms with Crippen LogP contribution in [0.1, 0.15) is 11.1 Å². The Kier molecular flexibility index (Phi) is 7.29. The lowest BCUT2D eigenvalue weighted by atomic mass is 10.2. The molecular weight excluding hydrogens is 598 g/mol. The maximum Gasteiger partial charge on any atom is 0.339 e. The third-order valence-electron chi connectivity index (χ3n) is 3.11. The summed E-state index contributed by atoms with van der Waals surface area (Å²) in [6.07, 6.45) is 1.62. The van der Waals surface area contributed by atoms with E-state index in [1.165, 1.54) is 0 Å². The molecule has 0 bridgehead atoms. The summed E-state index contributed by atoms with van der Waals surface area (Å²) >= 11 is 7.96. The van der Waals surface area contributed by atoms with E-state index >= 15 is 0 Å². The molecule has 0 unspecified atom stereocenters. The van der Waals surface area contributed by atoms with Gasteiger partial charge in [0.1, 0.15) is 0 Å². The number of carbonyl (C=O) groups excluding carboxylic acids is 1. The zero-order valence-corrected chi connectivity index (χ0v) is 18.9. The first kappa shape index (κ1) is 19.4. The lowest BCUT2D eigenvalue weighted by molar-refractivity contribution is 0.252. The van der Waals surface area contributed by atoms with Gasteiger partial charge in [-0.2, -0.15) is 5.10 Å². The molecule has 0 fully saturated rings. The quantitative estimate of drug-likeness (QED) is 0.254. The first-order valence-electron chi connectivity index (χ1n) is 6.93. The van der Waals surface area contributed by atoms with Crippen LogP contribution >= 0.6 is 61.1 Å². The second-order valence-electron chi connectivity index (χ2n) is 4.90. The molecule has 0 radical (unpaired) electrons. The minimum atomic E-state index is -0.385. The van der Waals surface area contributed by atoms with Crippen LogP contribution in [0.15, 0.2) is 39.9 Å². The number of rotatable bonds is 4. The normalized spacial score (nSPS) is 10.7. The fraction of sp³-hybridized carbons (Fsp3) is 0.125. The number of halogens is 3. The first-order chi connectivity index (χ1) is 11.4. The molecule has 126 valence electrons. The van der Waals surface area contributed by atoms with E-state index in [-0.39, 0.29) is 6.03 Å². The van der Waals surface area contributed by atoms with Crippen molar-refractivity contribution >= 4 is 84.7 Å². The number of hydrogen-bond acceptors (Lipinski definition) is 3.